The number of furan rings is 1. The van der Waals surface area contributed by atoms with Crippen LogP contribution in [0.3, 0.4) is 0 Å². The predicted molar refractivity (Wildman–Crippen MR) is 121 cm³/mol. The van der Waals surface area contributed by atoms with Crippen LogP contribution in [0.25, 0.3) is 17.4 Å². The van der Waals surface area contributed by atoms with E-state index >= 15 is 0 Å². The first-order valence-corrected chi connectivity index (χ1v) is 10.9. The number of nitrogens with zero attached hydrogens (tertiary/aromatic N) is 1. The van der Waals surface area contributed by atoms with Crippen LogP contribution in [-0.2, 0) is 4.79 Å². The van der Waals surface area contributed by atoms with Gasteiger partial charge in [0.05, 0.1) is 9.78 Å². The van der Waals surface area contributed by atoms with Crippen molar-refractivity contribution in [3.63, 3.8) is 0 Å². The molecule has 2 aromatic heterocycles. The summed E-state index contributed by atoms with van der Waals surface area (Å²) in [5, 5.41) is 2.85. The topological polar surface area (TPSA) is 79.6 Å². The van der Waals surface area contributed by atoms with Gasteiger partial charge in [0.2, 0.25) is 0 Å². The highest BCUT2D eigenvalue weighted by atomic mass is 32.2. The molecule has 0 unspecified atom stereocenters. The van der Waals surface area contributed by atoms with Gasteiger partial charge in [0.15, 0.2) is 10.1 Å². The Morgan fingerprint density at radius 2 is 1.90 bits per heavy atom. The maximum absolute atomic E-state index is 12.7. The lowest BCUT2D eigenvalue weighted by atomic mass is 10.1. The summed E-state index contributed by atoms with van der Waals surface area (Å²) in [6, 6.07) is 14.0. The summed E-state index contributed by atoms with van der Waals surface area (Å²) in [5.74, 6) is 0.272. The Bertz CT molecular complexity index is 1180. The van der Waals surface area contributed by atoms with E-state index in [2.05, 4.69) is 5.43 Å². The molecule has 4 rings (SSSR count). The molecular weight excluding hydrogens is 440 g/mol. The van der Waals surface area contributed by atoms with Crippen LogP contribution in [0.1, 0.15) is 32.7 Å². The standard InChI is InChI=1S/C21H14N2O4S3/c1-12(24)13-4-6-14(7-5-13)16-9-8-15(27-16)11-18-20(26)23(21(28)30-18)22-19(25)17-3-2-10-29-17/h2-11H,1H3,(H,22,25)/b18-11+. The van der Waals surface area contributed by atoms with Crippen LogP contribution in [0.4, 0.5) is 0 Å². The Hall–Kier alpha value is -3.01. The Morgan fingerprint density at radius 1 is 1.13 bits per heavy atom. The van der Waals surface area contributed by atoms with E-state index in [1.54, 1.807) is 60.0 Å². The fourth-order valence-corrected chi connectivity index (χ4v) is 4.49. The molecule has 0 atom stereocenters. The molecule has 1 aliphatic heterocycles. The van der Waals surface area contributed by atoms with Crippen molar-refractivity contribution >= 4 is 63.3 Å². The van der Waals surface area contributed by atoms with Gasteiger partial charge in [0, 0.05) is 17.2 Å². The molecule has 6 nitrogen and oxygen atoms in total. The van der Waals surface area contributed by atoms with E-state index in [0.717, 1.165) is 22.3 Å². The van der Waals surface area contributed by atoms with Crippen molar-refractivity contribution in [2.75, 3.05) is 0 Å². The van der Waals surface area contributed by atoms with E-state index in [-0.39, 0.29) is 10.1 Å². The van der Waals surface area contributed by atoms with Gasteiger partial charge in [-0.1, -0.05) is 42.1 Å². The van der Waals surface area contributed by atoms with Crippen LogP contribution in [0.5, 0.6) is 0 Å². The SMILES string of the molecule is CC(=O)c1ccc(-c2ccc(/C=C3/SC(=S)N(NC(=O)c4cccs4)C3=O)o2)cc1. The summed E-state index contributed by atoms with van der Waals surface area (Å²) in [7, 11) is 0. The maximum atomic E-state index is 12.7. The fourth-order valence-electron chi connectivity index (χ4n) is 2.71. The molecule has 9 heteroatoms. The van der Waals surface area contributed by atoms with E-state index in [9.17, 15) is 14.4 Å². The Labute approximate surface area is 185 Å². The number of amides is 2. The molecular formula is C21H14N2O4S3. The number of carbonyl (C=O) groups excluding carboxylic acids is 3. The molecule has 1 saturated heterocycles. The number of thiophene rings is 1. The van der Waals surface area contributed by atoms with E-state index in [1.807, 2.05) is 0 Å². The van der Waals surface area contributed by atoms with E-state index in [1.165, 1.54) is 18.3 Å². The molecule has 1 N–H and O–H groups in total. The van der Waals surface area contributed by atoms with Crippen molar-refractivity contribution in [1.29, 1.82) is 0 Å². The second-order valence-corrected chi connectivity index (χ2v) is 8.89. The van der Waals surface area contributed by atoms with E-state index in [4.69, 9.17) is 16.6 Å². The maximum Gasteiger partial charge on any atom is 0.285 e. The first kappa shape index (κ1) is 20.3. The van der Waals surface area contributed by atoms with Gasteiger partial charge in [-0.25, -0.2) is 0 Å². The summed E-state index contributed by atoms with van der Waals surface area (Å²) in [5.41, 5.74) is 3.98. The molecule has 0 bridgehead atoms. The largest absolute Gasteiger partial charge is 0.457 e. The van der Waals surface area contributed by atoms with Crippen LogP contribution >= 0.6 is 35.3 Å². The number of Topliss-reactive ketones (excluding diaryl/α,β-unsaturated/α-hetero) is 1. The molecule has 30 heavy (non-hydrogen) atoms. The highest BCUT2D eigenvalue weighted by Gasteiger charge is 2.34. The Balaban J connectivity index is 1.50. The average molecular weight is 455 g/mol. The number of thiocarbonyl (C=S) groups is 1. The first-order valence-electron chi connectivity index (χ1n) is 8.76. The third kappa shape index (κ3) is 4.13. The fraction of sp³-hybridized carbons (Fsp3) is 0.0476. The van der Waals surface area contributed by atoms with Crippen molar-refractivity contribution in [2.24, 2.45) is 0 Å². The second-order valence-electron chi connectivity index (χ2n) is 6.27. The van der Waals surface area contributed by atoms with Gasteiger partial charge in [0.25, 0.3) is 11.8 Å². The van der Waals surface area contributed by atoms with Crippen LogP contribution < -0.4 is 5.43 Å². The van der Waals surface area contributed by atoms with Gasteiger partial charge >= 0.3 is 0 Å². The quantitative estimate of drug-likeness (QED) is 0.340. The lowest BCUT2D eigenvalue weighted by molar-refractivity contribution is -0.123. The van der Waals surface area contributed by atoms with Crippen molar-refractivity contribution < 1.29 is 18.8 Å². The van der Waals surface area contributed by atoms with Crippen LogP contribution in [0.2, 0.25) is 0 Å². The van der Waals surface area contributed by atoms with Crippen molar-refractivity contribution in [1.82, 2.24) is 10.4 Å². The minimum atomic E-state index is -0.418. The third-order valence-electron chi connectivity index (χ3n) is 4.23. The van der Waals surface area contributed by atoms with E-state index in [0.29, 0.717) is 26.9 Å². The van der Waals surface area contributed by atoms with Crippen LogP contribution in [0.15, 0.2) is 63.2 Å². The Kier molecular flexibility index (Phi) is 5.67. The van der Waals surface area contributed by atoms with E-state index < -0.39 is 11.8 Å². The summed E-state index contributed by atoms with van der Waals surface area (Å²) in [4.78, 5) is 37.1. The molecule has 0 aliphatic carbocycles. The molecule has 150 valence electrons. The molecule has 3 heterocycles. The van der Waals surface area contributed by atoms with Gasteiger partial charge in [-0.2, -0.15) is 5.01 Å². The lowest BCUT2D eigenvalue weighted by Gasteiger charge is -2.14. The monoisotopic (exact) mass is 454 g/mol. The van der Waals surface area contributed by atoms with Crippen molar-refractivity contribution in [3.8, 4) is 11.3 Å². The predicted octanol–water partition coefficient (Wildman–Crippen LogP) is 4.76. The molecule has 3 aromatic rings. The normalized spacial score (nSPS) is 15.1. The number of hydrogen-bond donors (Lipinski definition) is 1. The minimum Gasteiger partial charge on any atom is -0.457 e. The summed E-state index contributed by atoms with van der Waals surface area (Å²) >= 11 is 7.59. The molecule has 0 radical (unpaired) electrons. The van der Waals surface area contributed by atoms with Crippen LogP contribution in [0, 0.1) is 0 Å². The lowest BCUT2D eigenvalue weighted by Crippen LogP contribution is -2.44. The number of ketones is 1. The zero-order valence-corrected chi connectivity index (χ0v) is 18.0. The zero-order chi connectivity index (χ0) is 21.3. The molecule has 1 aliphatic rings. The average Bonchev–Trinajstić information content (AvgIpc) is 3.47. The number of nitrogens with one attached hydrogen (secondary N) is 1. The Morgan fingerprint density at radius 3 is 2.57 bits per heavy atom. The molecule has 2 amide bonds. The van der Waals surface area contributed by atoms with Gasteiger partial charge in [0.1, 0.15) is 11.5 Å². The number of hydrogen-bond acceptors (Lipinski definition) is 7. The molecule has 1 aromatic carbocycles. The minimum absolute atomic E-state index is 0.00474. The number of rotatable bonds is 5. The first-order chi connectivity index (χ1) is 14.4. The van der Waals surface area contributed by atoms with Crippen molar-refractivity contribution in [3.05, 3.63) is 75.0 Å². The highest BCUT2D eigenvalue weighted by molar-refractivity contribution is 8.26. The number of hydrazine groups is 1. The smallest absolute Gasteiger partial charge is 0.285 e. The number of benzene rings is 1. The number of thioether (sulfide) groups is 1. The molecule has 0 spiro atoms. The van der Waals surface area contributed by atoms with Crippen LogP contribution in [-0.4, -0.2) is 26.9 Å². The summed E-state index contributed by atoms with van der Waals surface area (Å²) in [6.45, 7) is 1.51. The van der Waals surface area contributed by atoms with Gasteiger partial charge in [-0.15, -0.1) is 11.3 Å². The summed E-state index contributed by atoms with van der Waals surface area (Å²) < 4.78 is 6.06. The summed E-state index contributed by atoms with van der Waals surface area (Å²) in [6.07, 6.45) is 1.59. The molecule has 0 saturated carbocycles. The molecule has 1 fully saturated rings. The van der Waals surface area contributed by atoms with Gasteiger partial charge in [-0.3, -0.25) is 19.8 Å². The van der Waals surface area contributed by atoms with Gasteiger partial charge in [-0.05, 0) is 42.7 Å². The van der Waals surface area contributed by atoms with Crippen molar-refractivity contribution in [2.45, 2.75) is 6.92 Å². The highest BCUT2D eigenvalue weighted by Crippen LogP contribution is 2.33. The van der Waals surface area contributed by atoms with Gasteiger partial charge < -0.3 is 4.42 Å². The number of carbonyl (C=O) groups is 3. The second kappa shape index (κ2) is 8.39. The third-order valence-corrected chi connectivity index (χ3v) is 6.40. The zero-order valence-electron chi connectivity index (χ0n) is 15.6.